The third kappa shape index (κ3) is 2.29. The summed E-state index contributed by atoms with van der Waals surface area (Å²) < 4.78 is 0. The van der Waals surface area contributed by atoms with Gasteiger partial charge in [0.05, 0.1) is 0 Å². The first kappa shape index (κ1) is 9.59. The number of nitrogen functional groups attached to an aromatic ring is 1. The lowest BCUT2D eigenvalue weighted by Crippen LogP contribution is -1.93. The van der Waals surface area contributed by atoms with Gasteiger partial charge in [0.25, 0.3) is 0 Å². The number of anilines is 3. The van der Waals surface area contributed by atoms with Crippen molar-refractivity contribution in [2.45, 2.75) is 6.92 Å². The highest BCUT2D eigenvalue weighted by molar-refractivity contribution is 5.65. The Bertz CT molecular complexity index is 449. The first-order valence-corrected chi connectivity index (χ1v) is 4.94. The van der Waals surface area contributed by atoms with Gasteiger partial charge in [0, 0.05) is 17.1 Å². The number of rotatable bonds is 2. The van der Waals surface area contributed by atoms with Crippen LogP contribution in [0, 0.1) is 6.92 Å². The van der Waals surface area contributed by atoms with Gasteiger partial charge in [-0.1, -0.05) is 24.3 Å². The van der Waals surface area contributed by atoms with Gasteiger partial charge in [0.15, 0.2) is 0 Å². The Kier molecular flexibility index (Phi) is 2.59. The van der Waals surface area contributed by atoms with Crippen molar-refractivity contribution >= 4 is 17.1 Å². The predicted molar refractivity (Wildman–Crippen MR) is 65.3 cm³/mol. The summed E-state index contributed by atoms with van der Waals surface area (Å²) in [4.78, 5) is 0. The van der Waals surface area contributed by atoms with Crippen LogP contribution in [0.15, 0.2) is 48.5 Å². The SMILES string of the molecule is Cc1ccc(Nc2ccccc2)cc1N. The van der Waals surface area contributed by atoms with Crippen LogP contribution in [0.5, 0.6) is 0 Å². The minimum absolute atomic E-state index is 0.816. The molecule has 2 nitrogen and oxygen atoms in total. The summed E-state index contributed by atoms with van der Waals surface area (Å²) in [5.41, 5.74) is 9.84. The molecule has 3 N–H and O–H groups in total. The van der Waals surface area contributed by atoms with Gasteiger partial charge in [-0.05, 0) is 36.8 Å². The van der Waals surface area contributed by atoms with Crippen molar-refractivity contribution in [3.05, 3.63) is 54.1 Å². The molecule has 0 amide bonds. The van der Waals surface area contributed by atoms with Crippen molar-refractivity contribution in [2.24, 2.45) is 0 Å². The fourth-order valence-electron chi connectivity index (χ4n) is 1.41. The molecule has 0 unspecified atom stereocenters. The molecule has 15 heavy (non-hydrogen) atoms. The molecule has 0 radical (unpaired) electrons. The topological polar surface area (TPSA) is 38.0 Å². The molecule has 0 heterocycles. The highest BCUT2D eigenvalue weighted by Crippen LogP contribution is 2.20. The summed E-state index contributed by atoms with van der Waals surface area (Å²) in [5.74, 6) is 0. The average Bonchev–Trinajstić information content (AvgIpc) is 2.25. The van der Waals surface area contributed by atoms with Crippen molar-refractivity contribution in [2.75, 3.05) is 11.1 Å². The molecule has 0 fully saturated rings. The monoisotopic (exact) mass is 198 g/mol. The van der Waals surface area contributed by atoms with Crippen LogP contribution in [0.2, 0.25) is 0 Å². The summed E-state index contributed by atoms with van der Waals surface area (Å²) in [7, 11) is 0. The van der Waals surface area contributed by atoms with Crippen LogP contribution in [-0.4, -0.2) is 0 Å². The second kappa shape index (κ2) is 4.05. The Labute approximate surface area is 89.7 Å². The minimum atomic E-state index is 0.816. The lowest BCUT2D eigenvalue weighted by atomic mass is 10.2. The summed E-state index contributed by atoms with van der Waals surface area (Å²) >= 11 is 0. The maximum atomic E-state index is 5.83. The fourth-order valence-corrected chi connectivity index (χ4v) is 1.41. The van der Waals surface area contributed by atoms with E-state index < -0.39 is 0 Å². The maximum Gasteiger partial charge on any atom is 0.0405 e. The van der Waals surface area contributed by atoms with Crippen molar-refractivity contribution in [1.82, 2.24) is 0 Å². The first-order chi connectivity index (χ1) is 7.25. The normalized spacial score (nSPS) is 9.93. The van der Waals surface area contributed by atoms with Gasteiger partial charge in [0.1, 0.15) is 0 Å². The largest absolute Gasteiger partial charge is 0.398 e. The number of nitrogens with one attached hydrogen (secondary N) is 1. The van der Waals surface area contributed by atoms with E-state index >= 15 is 0 Å². The Morgan fingerprint density at radius 3 is 2.33 bits per heavy atom. The van der Waals surface area contributed by atoms with Crippen molar-refractivity contribution < 1.29 is 0 Å². The fraction of sp³-hybridized carbons (Fsp3) is 0.0769. The van der Waals surface area contributed by atoms with Crippen LogP contribution in [0.3, 0.4) is 0 Å². The Morgan fingerprint density at radius 1 is 0.933 bits per heavy atom. The van der Waals surface area contributed by atoms with E-state index in [2.05, 4.69) is 5.32 Å². The Balaban J connectivity index is 2.22. The lowest BCUT2D eigenvalue weighted by molar-refractivity contribution is 1.45. The molecule has 0 aliphatic carbocycles. The van der Waals surface area contributed by atoms with Gasteiger partial charge in [-0.3, -0.25) is 0 Å². The molecule has 0 atom stereocenters. The number of benzene rings is 2. The quantitative estimate of drug-likeness (QED) is 0.726. The van der Waals surface area contributed by atoms with E-state index in [1.54, 1.807) is 0 Å². The number of nitrogens with two attached hydrogens (primary N) is 1. The lowest BCUT2D eigenvalue weighted by Gasteiger charge is -2.08. The second-order valence-electron chi connectivity index (χ2n) is 3.56. The highest BCUT2D eigenvalue weighted by atomic mass is 14.9. The third-order valence-corrected chi connectivity index (χ3v) is 2.34. The van der Waals surface area contributed by atoms with Crippen molar-refractivity contribution in [3.8, 4) is 0 Å². The number of hydrogen-bond donors (Lipinski definition) is 2. The van der Waals surface area contributed by atoms with E-state index in [1.807, 2.05) is 55.5 Å². The van der Waals surface area contributed by atoms with Crippen LogP contribution in [-0.2, 0) is 0 Å². The summed E-state index contributed by atoms with van der Waals surface area (Å²) in [6.45, 7) is 2.00. The van der Waals surface area contributed by atoms with Crippen LogP contribution in [0.4, 0.5) is 17.1 Å². The smallest absolute Gasteiger partial charge is 0.0405 e. The molecule has 0 saturated carbocycles. The van der Waals surface area contributed by atoms with Gasteiger partial charge < -0.3 is 11.1 Å². The van der Waals surface area contributed by atoms with Gasteiger partial charge in [-0.25, -0.2) is 0 Å². The first-order valence-electron chi connectivity index (χ1n) is 4.94. The second-order valence-corrected chi connectivity index (χ2v) is 3.56. The summed E-state index contributed by atoms with van der Waals surface area (Å²) in [6, 6.07) is 16.0. The third-order valence-electron chi connectivity index (χ3n) is 2.34. The molecule has 2 heteroatoms. The zero-order valence-corrected chi connectivity index (χ0v) is 8.70. The van der Waals surface area contributed by atoms with Gasteiger partial charge in [-0.15, -0.1) is 0 Å². The number of hydrogen-bond acceptors (Lipinski definition) is 2. The predicted octanol–water partition coefficient (Wildman–Crippen LogP) is 3.32. The van der Waals surface area contributed by atoms with E-state index in [9.17, 15) is 0 Å². The molecule has 2 rings (SSSR count). The number of aryl methyl sites for hydroxylation is 1. The average molecular weight is 198 g/mol. The molecule has 2 aromatic rings. The van der Waals surface area contributed by atoms with Gasteiger partial charge in [-0.2, -0.15) is 0 Å². The zero-order chi connectivity index (χ0) is 10.7. The van der Waals surface area contributed by atoms with E-state index in [0.29, 0.717) is 0 Å². The Hall–Kier alpha value is -1.96. The van der Waals surface area contributed by atoms with Gasteiger partial charge >= 0.3 is 0 Å². The van der Waals surface area contributed by atoms with Crippen LogP contribution in [0.25, 0.3) is 0 Å². The van der Waals surface area contributed by atoms with E-state index in [1.165, 1.54) is 0 Å². The molecular formula is C13H14N2. The van der Waals surface area contributed by atoms with E-state index in [4.69, 9.17) is 5.73 Å². The van der Waals surface area contributed by atoms with E-state index in [0.717, 1.165) is 22.6 Å². The molecule has 0 aliphatic heterocycles. The molecule has 0 aromatic heterocycles. The standard InChI is InChI=1S/C13H14N2/c1-10-7-8-12(9-13(10)14)15-11-5-3-2-4-6-11/h2-9,15H,14H2,1H3. The molecule has 2 aromatic carbocycles. The van der Waals surface area contributed by atoms with Crippen LogP contribution >= 0.6 is 0 Å². The Morgan fingerprint density at radius 2 is 1.67 bits per heavy atom. The highest BCUT2D eigenvalue weighted by Gasteiger charge is 1.96. The minimum Gasteiger partial charge on any atom is -0.398 e. The summed E-state index contributed by atoms with van der Waals surface area (Å²) in [5, 5.41) is 3.29. The molecule has 76 valence electrons. The summed E-state index contributed by atoms with van der Waals surface area (Å²) in [6.07, 6.45) is 0. The van der Waals surface area contributed by atoms with Crippen LogP contribution in [0.1, 0.15) is 5.56 Å². The van der Waals surface area contributed by atoms with Crippen LogP contribution < -0.4 is 11.1 Å². The molecular weight excluding hydrogens is 184 g/mol. The zero-order valence-electron chi connectivity index (χ0n) is 8.70. The van der Waals surface area contributed by atoms with Gasteiger partial charge in [0.2, 0.25) is 0 Å². The molecule has 0 saturated heterocycles. The number of para-hydroxylation sites is 1. The van der Waals surface area contributed by atoms with E-state index in [-0.39, 0.29) is 0 Å². The molecule has 0 spiro atoms. The molecule has 0 bridgehead atoms. The molecule has 0 aliphatic rings. The van der Waals surface area contributed by atoms with Crippen molar-refractivity contribution in [3.63, 3.8) is 0 Å². The maximum absolute atomic E-state index is 5.83. The van der Waals surface area contributed by atoms with Crippen molar-refractivity contribution in [1.29, 1.82) is 0 Å².